The summed E-state index contributed by atoms with van der Waals surface area (Å²) < 4.78 is 0. The molecule has 1 aliphatic heterocycles. The van der Waals surface area contributed by atoms with Crippen molar-refractivity contribution in [2.24, 2.45) is 0 Å². The average Bonchev–Trinajstić information content (AvgIpc) is 2.69. The van der Waals surface area contributed by atoms with Gasteiger partial charge in [0.05, 0.1) is 0 Å². The second-order valence-electron chi connectivity index (χ2n) is 6.71. The number of aromatic nitrogens is 2. The van der Waals surface area contributed by atoms with E-state index in [-0.39, 0.29) is 0 Å². The van der Waals surface area contributed by atoms with E-state index in [0.29, 0.717) is 0 Å². The molecule has 1 saturated heterocycles. The van der Waals surface area contributed by atoms with Crippen LogP contribution in [-0.2, 0) is 6.42 Å². The minimum atomic E-state index is 0.794. The second kappa shape index (κ2) is 8.94. The van der Waals surface area contributed by atoms with E-state index in [0.717, 1.165) is 49.3 Å². The monoisotopic (exact) mass is 369 g/mol. The number of unbranched alkanes of at least 4 members (excludes halogenated alkanes) is 1. The van der Waals surface area contributed by atoms with Gasteiger partial charge in [-0.3, -0.25) is 0 Å². The summed E-state index contributed by atoms with van der Waals surface area (Å²) in [6.45, 7) is 7.87. The maximum absolute atomic E-state index is 5.64. The van der Waals surface area contributed by atoms with Gasteiger partial charge in [0.25, 0.3) is 0 Å². The fourth-order valence-electron chi connectivity index (χ4n) is 3.16. The number of piperazine rings is 1. The van der Waals surface area contributed by atoms with Gasteiger partial charge in [0.1, 0.15) is 0 Å². The Morgan fingerprint density at radius 3 is 2.54 bits per heavy atom. The molecule has 0 radical (unpaired) electrons. The van der Waals surface area contributed by atoms with Gasteiger partial charge in [-0.1, -0.05) is 25.5 Å². The smallest absolute Gasteiger partial charge is 0.225 e. The van der Waals surface area contributed by atoms with Gasteiger partial charge in [0.15, 0.2) is 5.11 Å². The third kappa shape index (κ3) is 4.69. The molecular weight excluding hydrogens is 342 g/mol. The average molecular weight is 370 g/mol. The van der Waals surface area contributed by atoms with Crippen LogP contribution in [0.2, 0.25) is 0 Å². The van der Waals surface area contributed by atoms with Crippen molar-refractivity contribution < 1.29 is 0 Å². The van der Waals surface area contributed by atoms with Gasteiger partial charge in [-0.15, -0.1) is 0 Å². The second-order valence-corrected chi connectivity index (χ2v) is 7.09. The van der Waals surface area contributed by atoms with Crippen molar-refractivity contribution in [1.82, 2.24) is 14.9 Å². The van der Waals surface area contributed by atoms with Crippen LogP contribution in [-0.4, -0.2) is 46.2 Å². The van der Waals surface area contributed by atoms with Gasteiger partial charge in [-0.25, -0.2) is 9.97 Å². The fourth-order valence-corrected chi connectivity index (χ4v) is 3.45. The minimum Gasteiger partial charge on any atom is -0.345 e. The Kier molecular flexibility index (Phi) is 6.39. The molecule has 1 fully saturated rings. The Labute approximate surface area is 161 Å². The Morgan fingerprint density at radius 1 is 1.15 bits per heavy atom. The van der Waals surface area contributed by atoms with E-state index >= 15 is 0 Å². The van der Waals surface area contributed by atoms with Gasteiger partial charge in [-0.05, 0) is 55.2 Å². The van der Waals surface area contributed by atoms with E-state index in [1.54, 1.807) is 12.4 Å². The van der Waals surface area contributed by atoms with Crippen LogP contribution in [0.5, 0.6) is 0 Å². The van der Waals surface area contributed by atoms with E-state index in [2.05, 4.69) is 57.1 Å². The highest BCUT2D eigenvalue weighted by Gasteiger charge is 2.20. The lowest BCUT2D eigenvalue weighted by Crippen LogP contribution is -2.50. The third-order valence-corrected chi connectivity index (χ3v) is 5.11. The molecule has 3 rings (SSSR count). The van der Waals surface area contributed by atoms with Crippen molar-refractivity contribution in [1.29, 1.82) is 0 Å². The summed E-state index contributed by atoms with van der Waals surface area (Å²) in [5, 5.41) is 4.22. The molecule has 2 aromatic rings. The molecule has 2 heterocycles. The van der Waals surface area contributed by atoms with Gasteiger partial charge in [0.2, 0.25) is 5.95 Å². The molecule has 5 nitrogen and oxygen atoms in total. The molecule has 1 aliphatic rings. The zero-order valence-electron chi connectivity index (χ0n) is 15.6. The zero-order valence-corrected chi connectivity index (χ0v) is 16.4. The molecule has 0 aliphatic carbocycles. The van der Waals surface area contributed by atoms with Crippen LogP contribution in [0, 0.1) is 6.92 Å². The van der Waals surface area contributed by atoms with Crippen molar-refractivity contribution in [2.45, 2.75) is 33.1 Å². The Morgan fingerprint density at radius 2 is 1.88 bits per heavy atom. The lowest BCUT2D eigenvalue weighted by molar-refractivity contribution is 0.388. The van der Waals surface area contributed by atoms with E-state index in [4.69, 9.17) is 12.2 Å². The number of anilines is 2. The summed E-state index contributed by atoms with van der Waals surface area (Å²) in [6.07, 6.45) is 7.18. The van der Waals surface area contributed by atoms with Gasteiger partial charge < -0.3 is 15.1 Å². The molecule has 0 bridgehead atoms. The maximum atomic E-state index is 5.64. The third-order valence-electron chi connectivity index (χ3n) is 4.75. The largest absolute Gasteiger partial charge is 0.345 e. The first kappa shape index (κ1) is 18.6. The highest BCUT2D eigenvalue weighted by Crippen LogP contribution is 2.19. The molecule has 1 aromatic carbocycles. The Balaban J connectivity index is 1.54. The van der Waals surface area contributed by atoms with E-state index in [1.807, 2.05) is 6.07 Å². The van der Waals surface area contributed by atoms with Gasteiger partial charge >= 0.3 is 0 Å². The van der Waals surface area contributed by atoms with Crippen molar-refractivity contribution in [2.75, 3.05) is 36.4 Å². The van der Waals surface area contributed by atoms with Crippen molar-refractivity contribution in [3.8, 4) is 0 Å². The van der Waals surface area contributed by atoms with E-state index in [9.17, 15) is 0 Å². The summed E-state index contributed by atoms with van der Waals surface area (Å²) in [7, 11) is 0. The van der Waals surface area contributed by atoms with Gasteiger partial charge in [0, 0.05) is 44.3 Å². The summed E-state index contributed by atoms with van der Waals surface area (Å²) in [6, 6.07) is 8.47. The first-order valence-electron chi connectivity index (χ1n) is 9.35. The van der Waals surface area contributed by atoms with Crippen molar-refractivity contribution in [3.05, 3.63) is 47.8 Å². The van der Waals surface area contributed by atoms with Crippen LogP contribution < -0.4 is 10.2 Å². The Hall–Kier alpha value is -2.21. The lowest BCUT2D eigenvalue weighted by Gasteiger charge is -2.36. The van der Waals surface area contributed by atoms with Crippen LogP contribution in [0.1, 0.15) is 30.9 Å². The Bertz CT molecular complexity index is 726. The predicted octanol–water partition coefficient (Wildman–Crippen LogP) is 3.65. The maximum Gasteiger partial charge on any atom is 0.225 e. The summed E-state index contributed by atoms with van der Waals surface area (Å²) in [5.41, 5.74) is 3.75. The fraction of sp³-hybridized carbons (Fsp3) is 0.450. The van der Waals surface area contributed by atoms with Gasteiger partial charge in [-0.2, -0.15) is 0 Å². The number of aryl methyl sites for hydroxylation is 2. The molecule has 0 amide bonds. The zero-order chi connectivity index (χ0) is 18.4. The molecule has 0 saturated carbocycles. The highest BCUT2D eigenvalue weighted by molar-refractivity contribution is 7.80. The standard InChI is InChI=1S/C20H27N5S/c1-3-4-6-17-7-8-18(16(2)15-17)23-20(26)25-13-11-24(12-14-25)19-21-9-5-10-22-19/h5,7-10,15H,3-4,6,11-14H2,1-2H3,(H,23,26). The topological polar surface area (TPSA) is 44.3 Å². The number of hydrogen-bond acceptors (Lipinski definition) is 4. The normalized spacial score (nSPS) is 14.4. The van der Waals surface area contributed by atoms with E-state index < -0.39 is 0 Å². The first-order chi connectivity index (χ1) is 12.7. The molecule has 138 valence electrons. The number of nitrogens with one attached hydrogen (secondary N) is 1. The number of hydrogen-bond donors (Lipinski definition) is 1. The number of rotatable bonds is 5. The number of thiocarbonyl (C=S) groups is 1. The molecule has 0 atom stereocenters. The minimum absolute atomic E-state index is 0.794. The van der Waals surface area contributed by atoms with Crippen LogP contribution in [0.15, 0.2) is 36.7 Å². The van der Waals surface area contributed by atoms with Crippen LogP contribution in [0.25, 0.3) is 0 Å². The summed E-state index contributed by atoms with van der Waals surface area (Å²) >= 11 is 5.64. The quantitative estimate of drug-likeness (QED) is 0.812. The first-order valence-corrected chi connectivity index (χ1v) is 9.75. The van der Waals surface area contributed by atoms with Crippen molar-refractivity contribution in [3.63, 3.8) is 0 Å². The number of nitrogens with zero attached hydrogens (tertiary/aromatic N) is 4. The molecular formula is C20H27N5S. The SMILES string of the molecule is CCCCc1ccc(NC(=S)N2CCN(c3ncccn3)CC2)c(C)c1. The molecule has 1 N–H and O–H groups in total. The number of benzene rings is 1. The molecule has 26 heavy (non-hydrogen) atoms. The van der Waals surface area contributed by atoms with E-state index in [1.165, 1.54) is 24.0 Å². The highest BCUT2D eigenvalue weighted by atomic mass is 32.1. The van der Waals surface area contributed by atoms with Crippen LogP contribution in [0.4, 0.5) is 11.6 Å². The lowest BCUT2D eigenvalue weighted by atomic mass is 10.0. The molecule has 6 heteroatoms. The van der Waals surface area contributed by atoms with Crippen LogP contribution >= 0.6 is 12.2 Å². The summed E-state index contributed by atoms with van der Waals surface area (Å²) in [5.74, 6) is 0.796. The van der Waals surface area contributed by atoms with Crippen LogP contribution in [0.3, 0.4) is 0 Å². The molecule has 1 aromatic heterocycles. The predicted molar refractivity (Wildman–Crippen MR) is 112 cm³/mol. The molecule has 0 spiro atoms. The molecule has 0 unspecified atom stereocenters. The van der Waals surface area contributed by atoms with Crippen molar-refractivity contribution >= 4 is 29.0 Å². The summed E-state index contributed by atoms with van der Waals surface area (Å²) in [4.78, 5) is 13.1.